The molecule has 1 aromatic rings. The Balaban J connectivity index is 2.51. The van der Waals surface area contributed by atoms with Gasteiger partial charge in [0.25, 0.3) is 6.47 Å². The summed E-state index contributed by atoms with van der Waals surface area (Å²) in [5, 5.41) is 0. The molecule has 0 fully saturated rings. The number of carbonyl (C=O) groups excluding carboxylic acids is 1. The second kappa shape index (κ2) is 5.36. The average Bonchev–Trinajstić information content (AvgIpc) is 2.19. The van der Waals surface area contributed by atoms with Gasteiger partial charge in [0, 0.05) is 6.42 Å². The van der Waals surface area contributed by atoms with Crippen LogP contribution in [0.4, 0.5) is 0 Å². The Labute approximate surface area is 78.5 Å². The number of hydrogen-bond acceptors (Lipinski definition) is 2. The van der Waals surface area contributed by atoms with E-state index in [0.717, 1.165) is 12.8 Å². The predicted octanol–water partition coefficient (Wildman–Crippen LogP) is 2.18. The highest BCUT2D eigenvalue weighted by molar-refractivity contribution is 5.37. The van der Waals surface area contributed by atoms with E-state index in [1.165, 1.54) is 5.56 Å². The maximum Gasteiger partial charge on any atom is 0.293 e. The molecule has 0 aliphatic rings. The fraction of sp³-hybridized carbons (Fsp3) is 0.364. The fourth-order valence-electron chi connectivity index (χ4n) is 1.24. The lowest BCUT2D eigenvalue weighted by molar-refractivity contribution is -0.133. The number of hydrogen-bond donors (Lipinski definition) is 0. The lowest BCUT2D eigenvalue weighted by atomic mass is 10.1. The van der Waals surface area contributed by atoms with Gasteiger partial charge in [-0.25, -0.2) is 0 Å². The van der Waals surface area contributed by atoms with E-state index in [0.29, 0.717) is 6.47 Å². The molecule has 0 aliphatic carbocycles. The molecule has 2 nitrogen and oxygen atoms in total. The van der Waals surface area contributed by atoms with Crippen LogP contribution in [0.5, 0.6) is 0 Å². The van der Waals surface area contributed by atoms with Crippen LogP contribution >= 0.6 is 0 Å². The Kier molecular flexibility index (Phi) is 4.03. The van der Waals surface area contributed by atoms with Crippen LogP contribution in [0.25, 0.3) is 0 Å². The van der Waals surface area contributed by atoms with Crippen LogP contribution in [0.1, 0.15) is 18.9 Å². The van der Waals surface area contributed by atoms with Gasteiger partial charge < -0.3 is 4.74 Å². The molecule has 0 saturated carbocycles. The van der Waals surface area contributed by atoms with Crippen molar-refractivity contribution in [2.45, 2.75) is 25.9 Å². The number of benzene rings is 1. The molecule has 13 heavy (non-hydrogen) atoms. The minimum Gasteiger partial charge on any atom is -0.464 e. The van der Waals surface area contributed by atoms with Crippen LogP contribution in [0.2, 0.25) is 0 Å². The first kappa shape index (κ1) is 9.78. The van der Waals surface area contributed by atoms with Crippen molar-refractivity contribution in [3.63, 3.8) is 0 Å². The highest BCUT2D eigenvalue weighted by Crippen LogP contribution is 2.07. The topological polar surface area (TPSA) is 26.3 Å². The smallest absolute Gasteiger partial charge is 0.293 e. The van der Waals surface area contributed by atoms with Gasteiger partial charge >= 0.3 is 0 Å². The molecule has 0 saturated heterocycles. The van der Waals surface area contributed by atoms with E-state index < -0.39 is 0 Å². The van der Waals surface area contributed by atoms with Crippen LogP contribution in [-0.2, 0) is 16.0 Å². The highest BCUT2D eigenvalue weighted by Gasteiger charge is 2.06. The van der Waals surface area contributed by atoms with Crippen molar-refractivity contribution < 1.29 is 9.53 Å². The second-order valence-corrected chi connectivity index (χ2v) is 2.95. The van der Waals surface area contributed by atoms with Crippen molar-refractivity contribution in [1.82, 2.24) is 0 Å². The van der Waals surface area contributed by atoms with Gasteiger partial charge in [0.15, 0.2) is 0 Å². The third-order valence-corrected chi connectivity index (χ3v) is 2.01. The van der Waals surface area contributed by atoms with Gasteiger partial charge in [-0.05, 0) is 12.0 Å². The lowest BCUT2D eigenvalue weighted by Gasteiger charge is -2.12. The maximum absolute atomic E-state index is 10.1. The molecule has 0 N–H and O–H groups in total. The Hall–Kier alpha value is -1.31. The molecule has 0 spiro atoms. The van der Waals surface area contributed by atoms with Crippen molar-refractivity contribution >= 4 is 6.47 Å². The molecule has 1 aromatic carbocycles. The standard InChI is InChI=1S/C11H14O2/c1-2-11(13-9-12)8-10-6-4-3-5-7-10/h3-7,9,11H,2,8H2,1H3. The molecule has 0 aliphatic heterocycles. The van der Waals surface area contributed by atoms with Crippen LogP contribution < -0.4 is 0 Å². The van der Waals surface area contributed by atoms with Crippen molar-refractivity contribution in [1.29, 1.82) is 0 Å². The average molecular weight is 178 g/mol. The van der Waals surface area contributed by atoms with Gasteiger partial charge in [0.2, 0.25) is 0 Å². The van der Waals surface area contributed by atoms with Gasteiger partial charge in [0.1, 0.15) is 6.10 Å². The van der Waals surface area contributed by atoms with E-state index in [1.54, 1.807) is 0 Å². The van der Waals surface area contributed by atoms with Gasteiger partial charge in [-0.1, -0.05) is 37.3 Å². The van der Waals surface area contributed by atoms with Crippen LogP contribution in [-0.4, -0.2) is 12.6 Å². The van der Waals surface area contributed by atoms with Gasteiger partial charge in [-0.2, -0.15) is 0 Å². The molecular formula is C11H14O2. The van der Waals surface area contributed by atoms with Gasteiger partial charge in [0.05, 0.1) is 0 Å². The molecule has 1 atom stereocenters. The van der Waals surface area contributed by atoms with E-state index in [2.05, 4.69) is 0 Å². The first-order chi connectivity index (χ1) is 6.36. The van der Waals surface area contributed by atoms with Crippen molar-refractivity contribution in [2.75, 3.05) is 0 Å². The summed E-state index contributed by atoms with van der Waals surface area (Å²) in [4.78, 5) is 10.1. The van der Waals surface area contributed by atoms with Crippen molar-refractivity contribution in [3.05, 3.63) is 35.9 Å². The summed E-state index contributed by atoms with van der Waals surface area (Å²) in [6.45, 7) is 2.54. The lowest BCUT2D eigenvalue weighted by Crippen LogP contribution is -2.13. The summed E-state index contributed by atoms with van der Waals surface area (Å²) in [5.74, 6) is 0. The van der Waals surface area contributed by atoms with Crippen molar-refractivity contribution in [3.8, 4) is 0 Å². The molecule has 1 rings (SSSR count). The van der Waals surface area contributed by atoms with E-state index in [1.807, 2.05) is 37.3 Å². The summed E-state index contributed by atoms with van der Waals surface area (Å²) in [7, 11) is 0. The highest BCUT2D eigenvalue weighted by atomic mass is 16.5. The number of ether oxygens (including phenoxy) is 1. The van der Waals surface area contributed by atoms with E-state index in [4.69, 9.17) is 4.74 Å². The Morgan fingerprint density at radius 1 is 1.38 bits per heavy atom. The molecule has 0 bridgehead atoms. The van der Waals surface area contributed by atoms with E-state index >= 15 is 0 Å². The zero-order chi connectivity index (χ0) is 9.52. The minimum absolute atomic E-state index is 0.0138. The fourth-order valence-corrected chi connectivity index (χ4v) is 1.24. The molecule has 70 valence electrons. The zero-order valence-corrected chi connectivity index (χ0v) is 7.77. The Bertz CT molecular complexity index is 244. The summed E-state index contributed by atoms with van der Waals surface area (Å²) in [6.07, 6.45) is 1.67. The van der Waals surface area contributed by atoms with Crippen LogP contribution in [0, 0.1) is 0 Å². The third kappa shape index (κ3) is 3.28. The molecule has 1 unspecified atom stereocenters. The first-order valence-electron chi connectivity index (χ1n) is 4.49. The molecule has 0 radical (unpaired) electrons. The SMILES string of the molecule is CCC(Cc1ccccc1)OC=O. The van der Waals surface area contributed by atoms with E-state index in [-0.39, 0.29) is 6.10 Å². The van der Waals surface area contributed by atoms with E-state index in [9.17, 15) is 4.79 Å². The number of carbonyl (C=O) groups is 1. The third-order valence-electron chi connectivity index (χ3n) is 2.01. The van der Waals surface area contributed by atoms with Crippen molar-refractivity contribution in [2.24, 2.45) is 0 Å². The van der Waals surface area contributed by atoms with Crippen LogP contribution in [0.15, 0.2) is 30.3 Å². The normalized spacial score (nSPS) is 12.1. The minimum atomic E-state index is 0.0138. The van der Waals surface area contributed by atoms with Crippen LogP contribution in [0.3, 0.4) is 0 Å². The number of rotatable bonds is 5. The molecule has 0 aromatic heterocycles. The molecule has 2 heteroatoms. The summed E-state index contributed by atoms with van der Waals surface area (Å²) in [5.41, 5.74) is 1.20. The monoisotopic (exact) mass is 178 g/mol. The molecular weight excluding hydrogens is 164 g/mol. The van der Waals surface area contributed by atoms with Gasteiger partial charge in [-0.3, -0.25) is 4.79 Å². The van der Waals surface area contributed by atoms with Gasteiger partial charge in [-0.15, -0.1) is 0 Å². The maximum atomic E-state index is 10.1. The Morgan fingerprint density at radius 3 is 2.62 bits per heavy atom. The Morgan fingerprint density at radius 2 is 2.08 bits per heavy atom. The zero-order valence-electron chi connectivity index (χ0n) is 7.77. The largest absolute Gasteiger partial charge is 0.464 e. The first-order valence-corrected chi connectivity index (χ1v) is 4.49. The molecule has 0 amide bonds. The summed E-state index contributed by atoms with van der Waals surface area (Å²) < 4.78 is 4.91. The summed E-state index contributed by atoms with van der Waals surface area (Å²) in [6, 6.07) is 10.0. The second-order valence-electron chi connectivity index (χ2n) is 2.95. The predicted molar refractivity (Wildman–Crippen MR) is 51.4 cm³/mol. The summed E-state index contributed by atoms with van der Waals surface area (Å²) >= 11 is 0. The quantitative estimate of drug-likeness (QED) is 0.646. The molecule has 0 heterocycles.